The van der Waals surface area contributed by atoms with Crippen LogP contribution in [-0.4, -0.2) is 12.1 Å². The summed E-state index contributed by atoms with van der Waals surface area (Å²) in [5, 5.41) is 4.61. The van der Waals surface area contributed by atoms with E-state index < -0.39 is 11.7 Å². The van der Waals surface area contributed by atoms with Gasteiger partial charge < -0.3 is 5.32 Å². The van der Waals surface area contributed by atoms with Crippen molar-refractivity contribution in [3.05, 3.63) is 70.2 Å². The third kappa shape index (κ3) is 4.46. The topological polar surface area (TPSA) is 12.0 Å². The number of alkyl halides is 3. The van der Waals surface area contributed by atoms with Crippen molar-refractivity contribution in [1.29, 1.82) is 0 Å². The smallest absolute Gasteiger partial charge is 0.311 e. The minimum absolute atomic E-state index is 0.114. The Bertz CT molecular complexity index is 985. The first-order valence-corrected chi connectivity index (χ1v) is 12.6. The zero-order valence-corrected chi connectivity index (χ0v) is 20.1. The van der Waals surface area contributed by atoms with E-state index in [1.807, 2.05) is 12.1 Å². The predicted molar refractivity (Wildman–Crippen MR) is 127 cm³/mol. The van der Waals surface area contributed by atoms with Crippen LogP contribution in [0.4, 0.5) is 13.2 Å². The zero-order chi connectivity index (χ0) is 23.4. The van der Waals surface area contributed by atoms with Crippen molar-refractivity contribution >= 4 is 11.6 Å². The monoisotopic (exact) mass is 475 g/mol. The molecule has 4 fully saturated rings. The number of halogens is 4. The molecule has 0 amide bonds. The summed E-state index contributed by atoms with van der Waals surface area (Å²) in [6.45, 7) is 4.41. The van der Waals surface area contributed by atoms with E-state index in [-0.39, 0.29) is 16.9 Å². The molecule has 0 radical (unpaired) electrons. The van der Waals surface area contributed by atoms with Gasteiger partial charge in [0, 0.05) is 17.1 Å². The molecule has 0 aliphatic heterocycles. The third-order valence-electron chi connectivity index (χ3n) is 8.81. The van der Waals surface area contributed by atoms with Gasteiger partial charge in [-0.3, -0.25) is 0 Å². The number of hydrogen-bond donors (Lipinski definition) is 1. The van der Waals surface area contributed by atoms with Gasteiger partial charge in [-0.15, -0.1) is 0 Å². The molecule has 5 heteroatoms. The van der Waals surface area contributed by atoms with Crippen molar-refractivity contribution in [2.75, 3.05) is 0 Å². The average Bonchev–Trinajstić information content (AvgIpc) is 2.72. The molecule has 2 aromatic rings. The van der Waals surface area contributed by atoms with E-state index in [4.69, 9.17) is 11.6 Å². The molecule has 2 aromatic carbocycles. The molecule has 1 N–H and O–H groups in total. The van der Waals surface area contributed by atoms with Crippen molar-refractivity contribution in [1.82, 2.24) is 5.32 Å². The van der Waals surface area contributed by atoms with E-state index in [9.17, 15) is 13.2 Å². The first-order valence-electron chi connectivity index (χ1n) is 12.3. The standard InChI is InChI=1S/C28H33ClF3N/c1-18(10-20-4-3-5-24(12-20)28(30,31)32)33-19(2)26-13-21-11-22(14-26)16-27(15-21,17-26)23-6-8-25(29)9-7-23/h3-9,12,18-19,21-22,33H,10-11,13-17H2,1-2H3/t18-,19-,21-,22+,26?,27?/m1/s1. The Balaban J connectivity index is 1.32. The number of hydrogen-bond acceptors (Lipinski definition) is 1. The first kappa shape index (κ1) is 23.2. The summed E-state index contributed by atoms with van der Waals surface area (Å²) in [6.07, 6.45) is 3.93. The summed E-state index contributed by atoms with van der Waals surface area (Å²) in [7, 11) is 0. The Labute approximate surface area is 200 Å². The second-order valence-electron chi connectivity index (χ2n) is 11.3. The second-order valence-corrected chi connectivity index (χ2v) is 11.7. The minimum Gasteiger partial charge on any atom is -0.311 e. The van der Waals surface area contributed by atoms with Crippen LogP contribution in [0.15, 0.2) is 48.5 Å². The Morgan fingerprint density at radius 2 is 1.67 bits per heavy atom. The lowest BCUT2D eigenvalue weighted by atomic mass is 9.41. The maximum Gasteiger partial charge on any atom is 0.416 e. The van der Waals surface area contributed by atoms with Gasteiger partial charge in [0.05, 0.1) is 5.56 Å². The average molecular weight is 476 g/mol. The summed E-state index contributed by atoms with van der Waals surface area (Å²) < 4.78 is 39.3. The molecule has 0 aromatic heterocycles. The van der Waals surface area contributed by atoms with Crippen LogP contribution in [0.2, 0.25) is 5.02 Å². The van der Waals surface area contributed by atoms with E-state index in [1.54, 1.807) is 6.07 Å². The van der Waals surface area contributed by atoms with Gasteiger partial charge >= 0.3 is 6.18 Å². The van der Waals surface area contributed by atoms with E-state index in [0.717, 1.165) is 28.5 Å². The molecule has 33 heavy (non-hydrogen) atoms. The van der Waals surface area contributed by atoms with Gasteiger partial charge in [-0.05, 0) is 111 Å². The highest BCUT2D eigenvalue weighted by atomic mass is 35.5. The summed E-state index contributed by atoms with van der Waals surface area (Å²) >= 11 is 6.18. The van der Waals surface area contributed by atoms with E-state index >= 15 is 0 Å². The lowest BCUT2D eigenvalue weighted by Gasteiger charge is -2.64. The van der Waals surface area contributed by atoms with Crippen LogP contribution in [0, 0.1) is 17.3 Å². The van der Waals surface area contributed by atoms with Crippen LogP contribution in [-0.2, 0) is 18.0 Å². The molecule has 6 atom stereocenters. The van der Waals surface area contributed by atoms with Gasteiger partial charge in [0.15, 0.2) is 0 Å². The molecular weight excluding hydrogens is 443 g/mol. The molecular formula is C28H33ClF3N. The quantitative estimate of drug-likeness (QED) is 0.449. The molecule has 0 saturated heterocycles. The Morgan fingerprint density at radius 3 is 2.30 bits per heavy atom. The van der Waals surface area contributed by atoms with Crippen LogP contribution < -0.4 is 5.32 Å². The van der Waals surface area contributed by atoms with Crippen molar-refractivity contribution in [2.45, 2.75) is 82.5 Å². The van der Waals surface area contributed by atoms with Crippen molar-refractivity contribution < 1.29 is 13.2 Å². The molecule has 4 aliphatic carbocycles. The lowest BCUT2D eigenvalue weighted by molar-refractivity contribution is -0.137. The fourth-order valence-electron chi connectivity index (χ4n) is 7.87. The fourth-order valence-corrected chi connectivity index (χ4v) is 8.00. The molecule has 6 rings (SSSR count). The largest absolute Gasteiger partial charge is 0.416 e. The SMILES string of the molecule is C[C@H](Cc1cccc(C(F)(F)F)c1)N[C@H](C)C12C[C@@H]3C[C@@H](CC(c4ccc(Cl)cc4)(C3)C1)C2. The highest BCUT2D eigenvalue weighted by Gasteiger charge is 2.59. The Kier molecular flexibility index (Phi) is 5.85. The molecule has 2 unspecified atom stereocenters. The normalized spacial score (nSPS) is 32.7. The number of benzene rings is 2. The van der Waals surface area contributed by atoms with Crippen LogP contribution in [0.1, 0.15) is 69.1 Å². The van der Waals surface area contributed by atoms with Crippen LogP contribution in [0.25, 0.3) is 0 Å². The molecule has 178 valence electrons. The highest BCUT2D eigenvalue weighted by Crippen LogP contribution is 2.66. The molecule has 0 heterocycles. The summed E-state index contributed by atoms with van der Waals surface area (Å²) in [6, 6.07) is 14.7. The van der Waals surface area contributed by atoms with Gasteiger partial charge in [0.2, 0.25) is 0 Å². The number of nitrogens with one attached hydrogen (secondary N) is 1. The summed E-state index contributed by atoms with van der Waals surface area (Å²) in [4.78, 5) is 0. The van der Waals surface area contributed by atoms with Crippen molar-refractivity contribution in [3.63, 3.8) is 0 Å². The van der Waals surface area contributed by atoms with Crippen LogP contribution in [0.3, 0.4) is 0 Å². The Morgan fingerprint density at radius 1 is 1.00 bits per heavy atom. The lowest BCUT2D eigenvalue weighted by Crippen LogP contribution is -2.60. The van der Waals surface area contributed by atoms with Gasteiger partial charge in [-0.25, -0.2) is 0 Å². The molecule has 0 spiro atoms. The minimum atomic E-state index is -4.30. The fraction of sp³-hybridized carbons (Fsp3) is 0.571. The highest BCUT2D eigenvalue weighted by molar-refractivity contribution is 6.30. The molecule has 4 bridgehead atoms. The van der Waals surface area contributed by atoms with E-state index in [0.29, 0.717) is 12.5 Å². The van der Waals surface area contributed by atoms with Crippen molar-refractivity contribution in [2.24, 2.45) is 17.3 Å². The van der Waals surface area contributed by atoms with Gasteiger partial charge in [0.1, 0.15) is 0 Å². The van der Waals surface area contributed by atoms with Gasteiger partial charge in [-0.1, -0.05) is 41.9 Å². The molecule has 4 saturated carbocycles. The van der Waals surface area contributed by atoms with Crippen LogP contribution >= 0.6 is 11.6 Å². The van der Waals surface area contributed by atoms with Gasteiger partial charge in [-0.2, -0.15) is 13.2 Å². The van der Waals surface area contributed by atoms with Crippen LogP contribution in [0.5, 0.6) is 0 Å². The molecule has 4 aliphatic rings. The van der Waals surface area contributed by atoms with Gasteiger partial charge in [0.25, 0.3) is 0 Å². The third-order valence-corrected chi connectivity index (χ3v) is 9.06. The molecule has 1 nitrogen and oxygen atoms in total. The van der Waals surface area contributed by atoms with Crippen molar-refractivity contribution in [3.8, 4) is 0 Å². The first-order chi connectivity index (χ1) is 15.6. The summed E-state index contributed by atoms with van der Waals surface area (Å²) in [5.41, 5.74) is 2.11. The van der Waals surface area contributed by atoms with E-state index in [2.05, 4.69) is 31.3 Å². The zero-order valence-electron chi connectivity index (χ0n) is 19.4. The maximum atomic E-state index is 13.1. The maximum absolute atomic E-state index is 13.1. The Hall–Kier alpha value is -1.52. The summed E-state index contributed by atoms with van der Waals surface area (Å²) in [5.74, 6) is 1.54. The predicted octanol–water partition coefficient (Wildman–Crippen LogP) is 7.81. The second kappa shape index (κ2) is 8.30. The number of rotatable bonds is 6. The van der Waals surface area contributed by atoms with E-state index in [1.165, 1.54) is 56.2 Å².